The summed E-state index contributed by atoms with van der Waals surface area (Å²) in [6, 6.07) is 16.7. The molecule has 13 nitrogen and oxygen atoms in total. The number of nitrogens with zero attached hydrogens (tertiary/aromatic N) is 1. The van der Waals surface area contributed by atoms with Gasteiger partial charge in [0.1, 0.15) is 41.7 Å². The third-order valence-electron chi connectivity index (χ3n) is 13.0. The maximum Gasteiger partial charge on any atom is 0.254 e. The third-order valence-corrected chi connectivity index (χ3v) is 13.0. The standard InChI is InChI=1S/C46H44N2O11/c1-56-35-17-30-28-14-13-23-8-6-11-25(23)37(28)39(33(50)20-48-19-24-7-2-3-9-26(24)44(48)54)41(52)38(30)42-29(35)15-16-34(31-18-47-32-12-5-4-10-27(31)32)57-21-36-40(51)43(53)46(55,22-49)45(58-36)59-42/h2-5,7,9-10,12-18,23,25,34,36,40,43,45,47,49,51-53,55H,6,8,11,19-22H2,1H3/b16-15+/t23-,25-,34-,36-,40-,43+,45-,46-/m1/s1. The quantitative estimate of drug-likeness (QED) is 0.125. The number of aromatic hydroxyl groups is 1. The molecule has 2 fully saturated rings. The minimum absolute atomic E-state index is 0.0714. The number of ether oxygens (including phenoxy) is 4. The normalized spacial score (nSPS) is 29.0. The Hall–Kier alpha value is -5.54. The monoisotopic (exact) mass is 800 g/mol. The van der Waals surface area contributed by atoms with Gasteiger partial charge in [-0.3, -0.25) is 9.59 Å². The number of aliphatic hydroxyl groups excluding tert-OH is 3. The van der Waals surface area contributed by atoms with E-state index in [4.69, 9.17) is 18.9 Å². The number of benzene rings is 4. The van der Waals surface area contributed by atoms with Crippen LogP contribution in [0.15, 0.2) is 72.9 Å². The predicted molar refractivity (Wildman–Crippen MR) is 216 cm³/mol. The SMILES string of the molecule is COc1cc2c3c(c(C(=O)CN4Cc5ccccc5C4=O)c(O)c2c2c1/C=C/[C@H](c1c[nH]c4ccccc14)OC[C@H]1O[C@H](O2)[C@@](O)(CO)[C@@H](O)[C@@H]1O)[C@@H]1CCC[C@@H]1C=C3. The van der Waals surface area contributed by atoms with Gasteiger partial charge in [0.2, 0.25) is 6.29 Å². The lowest BCUT2D eigenvalue weighted by atomic mass is 9.75. The average molecular weight is 801 g/mol. The fourth-order valence-corrected chi connectivity index (χ4v) is 9.92. The number of H-pyrrole nitrogens is 1. The molecule has 4 heterocycles. The Morgan fingerprint density at radius 2 is 1.83 bits per heavy atom. The van der Waals surface area contributed by atoms with Gasteiger partial charge in [-0.25, -0.2) is 0 Å². The molecule has 59 heavy (non-hydrogen) atoms. The fourth-order valence-electron chi connectivity index (χ4n) is 9.92. The Balaban J connectivity index is 1.20. The highest BCUT2D eigenvalue weighted by Crippen LogP contribution is 2.55. The summed E-state index contributed by atoms with van der Waals surface area (Å²) in [4.78, 5) is 33.1. The molecule has 4 aromatic carbocycles. The molecule has 1 aromatic heterocycles. The van der Waals surface area contributed by atoms with Crippen molar-refractivity contribution >= 4 is 45.5 Å². The van der Waals surface area contributed by atoms with Crippen LogP contribution in [0.3, 0.4) is 0 Å². The third kappa shape index (κ3) is 5.82. The van der Waals surface area contributed by atoms with E-state index in [0.29, 0.717) is 27.8 Å². The van der Waals surface area contributed by atoms with E-state index in [1.54, 1.807) is 30.4 Å². The van der Waals surface area contributed by atoms with Gasteiger partial charge in [-0.2, -0.15) is 0 Å². The van der Waals surface area contributed by atoms with Crippen molar-refractivity contribution in [2.75, 3.05) is 26.9 Å². The van der Waals surface area contributed by atoms with Gasteiger partial charge in [-0.1, -0.05) is 61.0 Å². The molecule has 13 heteroatoms. The number of phenols is 1. The zero-order valence-electron chi connectivity index (χ0n) is 32.2. The molecule has 304 valence electrons. The molecular formula is C46H44N2O11. The number of carbonyl (C=O) groups excluding carboxylic acids is 2. The van der Waals surface area contributed by atoms with E-state index in [0.717, 1.165) is 41.3 Å². The molecule has 1 saturated heterocycles. The summed E-state index contributed by atoms with van der Waals surface area (Å²) in [6.45, 7) is -1.37. The van der Waals surface area contributed by atoms with E-state index in [9.17, 15) is 35.1 Å². The molecule has 6 N–H and O–H groups in total. The van der Waals surface area contributed by atoms with Crippen molar-refractivity contribution in [1.82, 2.24) is 9.88 Å². The van der Waals surface area contributed by atoms with Gasteiger partial charge in [-0.15, -0.1) is 0 Å². The summed E-state index contributed by atoms with van der Waals surface area (Å²) in [5.41, 5.74) is 2.13. The number of rotatable bonds is 6. The number of amides is 1. The highest BCUT2D eigenvalue weighted by atomic mass is 16.7. The number of Topliss-reactive ketones (excluding diaryl/α,β-unsaturated/α-hetero) is 1. The van der Waals surface area contributed by atoms with E-state index in [1.807, 2.05) is 48.7 Å². The number of ketones is 1. The number of aromatic amines is 1. The van der Waals surface area contributed by atoms with Crippen LogP contribution >= 0.6 is 0 Å². The number of allylic oxidation sites excluding steroid dienone is 1. The smallest absolute Gasteiger partial charge is 0.254 e. The summed E-state index contributed by atoms with van der Waals surface area (Å²) >= 11 is 0. The number of hydrogen-bond donors (Lipinski definition) is 6. The molecule has 2 aliphatic carbocycles. The number of para-hydroxylation sites is 1. The Morgan fingerprint density at radius 3 is 2.64 bits per heavy atom. The van der Waals surface area contributed by atoms with Crippen molar-refractivity contribution < 1.29 is 54.1 Å². The van der Waals surface area contributed by atoms with Gasteiger partial charge in [0.05, 0.1) is 43.4 Å². The number of aliphatic hydroxyl groups is 4. The minimum atomic E-state index is -2.55. The molecule has 5 aliphatic rings. The predicted octanol–water partition coefficient (Wildman–Crippen LogP) is 5.12. The second-order valence-electron chi connectivity index (χ2n) is 16.2. The van der Waals surface area contributed by atoms with Gasteiger partial charge >= 0.3 is 0 Å². The van der Waals surface area contributed by atoms with Crippen LogP contribution < -0.4 is 9.47 Å². The van der Waals surface area contributed by atoms with E-state index >= 15 is 0 Å². The van der Waals surface area contributed by atoms with Crippen LogP contribution in [0.4, 0.5) is 0 Å². The van der Waals surface area contributed by atoms with Crippen molar-refractivity contribution in [2.45, 2.75) is 68.0 Å². The minimum Gasteiger partial charge on any atom is -0.506 e. The molecule has 10 rings (SSSR count). The van der Waals surface area contributed by atoms with Crippen LogP contribution in [0.25, 0.3) is 33.8 Å². The van der Waals surface area contributed by atoms with Gasteiger partial charge in [0, 0.05) is 40.2 Å². The lowest BCUT2D eigenvalue weighted by Crippen LogP contribution is -2.69. The summed E-state index contributed by atoms with van der Waals surface area (Å²) in [7, 11) is 1.49. The van der Waals surface area contributed by atoms with Crippen LogP contribution in [-0.4, -0.2) is 104 Å². The molecule has 8 atom stereocenters. The number of nitrogens with one attached hydrogen (secondary N) is 1. The second kappa shape index (κ2) is 14.3. The first kappa shape index (κ1) is 37.7. The van der Waals surface area contributed by atoms with Crippen LogP contribution in [0, 0.1) is 5.92 Å². The number of phenolic OH excluding ortho intramolecular Hbond substituents is 1. The first-order valence-electron chi connectivity index (χ1n) is 20.0. The lowest BCUT2D eigenvalue weighted by molar-refractivity contribution is -0.329. The number of aromatic nitrogens is 1. The van der Waals surface area contributed by atoms with Crippen molar-refractivity contribution in [3.63, 3.8) is 0 Å². The van der Waals surface area contributed by atoms with Gasteiger partial charge in [-0.05, 0) is 65.6 Å². The zero-order chi connectivity index (χ0) is 40.7. The van der Waals surface area contributed by atoms with Crippen molar-refractivity contribution in [2.24, 2.45) is 5.92 Å². The molecule has 5 aromatic rings. The van der Waals surface area contributed by atoms with Gasteiger partial charge in [0.15, 0.2) is 11.4 Å². The van der Waals surface area contributed by atoms with E-state index < -0.39 is 48.7 Å². The Morgan fingerprint density at radius 1 is 1.03 bits per heavy atom. The van der Waals surface area contributed by atoms with Crippen LogP contribution in [0.1, 0.15) is 79.8 Å². The Bertz CT molecular complexity index is 2600. The van der Waals surface area contributed by atoms with Crippen molar-refractivity contribution in [3.05, 3.63) is 112 Å². The molecular weight excluding hydrogens is 757 g/mol. The summed E-state index contributed by atoms with van der Waals surface area (Å²) in [6.07, 6.45) is 4.53. The van der Waals surface area contributed by atoms with Crippen LogP contribution in [-0.2, 0) is 16.0 Å². The first-order chi connectivity index (χ1) is 28.6. The van der Waals surface area contributed by atoms with Crippen LogP contribution in [0.5, 0.6) is 17.2 Å². The molecule has 3 aliphatic heterocycles. The number of hydrogen-bond acceptors (Lipinski definition) is 11. The molecule has 2 bridgehead atoms. The number of fused-ring (bicyclic) bond motifs is 11. The summed E-state index contributed by atoms with van der Waals surface area (Å²) in [5, 5.41) is 59.2. The van der Waals surface area contributed by atoms with Crippen molar-refractivity contribution in [1.29, 1.82) is 0 Å². The molecule has 1 saturated carbocycles. The van der Waals surface area contributed by atoms with Gasteiger partial charge in [0.25, 0.3) is 5.91 Å². The molecule has 0 spiro atoms. The number of carbonyl (C=O) groups is 2. The summed E-state index contributed by atoms with van der Waals surface area (Å²) < 4.78 is 25.3. The second-order valence-corrected chi connectivity index (χ2v) is 16.2. The fraction of sp³-hybridized carbons (Fsp3) is 0.348. The van der Waals surface area contributed by atoms with Crippen LogP contribution in [0.2, 0.25) is 0 Å². The summed E-state index contributed by atoms with van der Waals surface area (Å²) in [5.74, 6) is -0.806. The molecule has 0 radical (unpaired) electrons. The maximum absolute atomic E-state index is 14.8. The maximum atomic E-state index is 14.8. The highest BCUT2D eigenvalue weighted by Gasteiger charge is 2.57. The highest BCUT2D eigenvalue weighted by molar-refractivity contribution is 6.14. The lowest BCUT2D eigenvalue weighted by Gasteiger charge is -2.47. The zero-order valence-corrected chi connectivity index (χ0v) is 32.2. The Labute approximate surface area is 338 Å². The molecule has 1 amide bonds. The van der Waals surface area contributed by atoms with Gasteiger partial charge < -0.3 is 54.4 Å². The van der Waals surface area contributed by atoms with E-state index in [1.165, 1.54) is 12.0 Å². The van der Waals surface area contributed by atoms with E-state index in [-0.39, 0.29) is 65.5 Å². The number of methoxy groups -OCH3 is 1. The average Bonchev–Trinajstić information content (AvgIpc) is 3.98. The largest absolute Gasteiger partial charge is 0.506 e. The Kier molecular flexibility index (Phi) is 9.16. The van der Waals surface area contributed by atoms with Crippen molar-refractivity contribution in [3.8, 4) is 17.2 Å². The molecule has 0 unspecified atom stereocenters. The van der Waals surface area contributed by atoms with E-state index in [2.05, 4.69) is 11.1 Å². The first-order valence-corrected chi connectivity index (χ1v) is 20.0. The topological polar surface area (TPSA) is 191 Å².